The third-order valence-corrected chi connectivity index (χ3v) is 8.22. The first-order valence-electron chi connectivity index (χ1n) is 16.1. The van der Waals surface area contributed by atoms with Crippen LogP contribution in [0.5, 0.6) is 11.5 Å². The molecule has 4 aromatic carbocycles. The molecule has 238 valence electrons. The molecule has 0 aromatic heterocycles. The van der Waals surface area contributed by atoms with Gasteiger partial charge in [-0.3, -0.25) is 9.59 Å². The van der Waals surface area contributed by atoms with Gasteiger partial charge in [-0.15, -0.1) is 0 Å². The van der Waals surface area contributed by atoms with Gasteiger partial charge in [0.25, 0.3) is 5.90 Å². The molecule has 46 heavy (non-hydrogen) atoms. The number of carbonyl (C=O) groups excluding carboxylic acids is 2. The highest BCUT2D eigenvalue weighted by Crippen LogP contribution is 2.41. The molecule has 0 N–H and O–H groups in total. The number of benzene rings is 4. The predicted octanol–water partition coefficient (Wildman–Crippen LogP) is 8.68. The van der Waals surface area contributed by atoms with Crippen molar-refractivity contribution in [3.05, 3.63) is 131 Å². The average molecular weight is 620 g/mol. The van der Waals surface area contributed by atoms with Gasteiger partial charge < -0.3 is 19.0 Å². The van der Waals surface area contributed by atoms with Gasteiger partial charge in [0.1, 0.15) is 24.7 Å². The zero-order valence-corrected chi connectivity index (χ0v) is 26.4. The fourth-order valence-electron chi connectivity index (χ4n) is 5.61. The lowest BCUT2D eigenvalue weighted by Gasteiger charge is -2.35. The molecule has 0 amide bonds. The van der Waals surface area contributed by atoms with E-state index >= 15 is 0 Å². The van der Waals surface area contributed by atoms with Crippen molar-refractivity contribution in [1.29, 1.82) is 0 Å². The third-order valence-electron chi connectivity index (χ3n) is 8.22. The number of hydrogen-bond donors (Lipinski definition) is 0. The second-order valence-corrected chi connectivity index (χ2v) is 11.6. The molecule has 0 bridgehead atoms. The monoisotopic (exact) mass is 619 g/mol. The van der Waals surface area contributed by atoms with E-state index in [0.717, 1.165) is 48.8 Å². The van der Waals surface area contributed by atoms with E-state index in [1.807, 2.05) is 91.9 Å². The van der Waals surface area contributed by atoms with Crippen LogP contribution in [0, 0.1) is 0 Å². The largest absolute Gasteiger partial charge is 0.470 e. The second-order valence-electron chi connectivity index (χ2n) is 11.6. The summed E-state index contributed by atoms with van der Waals surface area (Å²) >= 11 is 0. The van der Waals surface area contributed by atoms with Crippen molar-refractivity contribution in [1.82, 2.24) is 0 Å². The van der Waals surface area contributed by atoms with E-state index in [2.05, 4.69) is 5.16 Å². The molecule has 7 heteroatoms. The minimum Gasteiger partial charge on any atom is -0.470 e. The molecule has 0 unspecified atom stereocenters. The first-order valence-corrected chi connectivity index (χ1v) is 16.1. The molecule has 4 aromatic rings. The van der Waals surface area contributed by atoms with Gasteiger partial charge >= 0.3 is 11.9 Å². The Morgan fingerprint density at radius 1 is 0.696 bits per heavy atom. The predicted molar refractivity (Wildman–Crippen MR) is 177 cm³/mol. The van der Waals surface area contributed by atoms with Crippen molar-refractivity contribution in [3.63, 3.8) is 0 Å². The van der Waals surface area contributed by atoms with E-state index in [4.69, 9.17) is 19.0 Å². The maximum atomic E-state index is 13.8. The van der Waals surface area contributed by atoms with Crippen LogP contribution in [0.1, 0.15) is 80.5 Å². The Balaban J connectivity index is 1.29. The highest BCUT2D eigenvalue weighted by Gasteiger charge is 2.43. The number of oxime groups is 1. The quantitative estimate of drug-likeness (QED) is 0.0490. The fraction of sp³-hybridized carbons (Fsp3) is 0.308. The first kappa shape index (κ1) is 32.5. The molecule has 0 saturated heterocycles. The van der Waals surface area contributed by atoms with Crippen LogP contribution in [-0.2, 0) is 37.8 Å². The Morgan fingerprint density at radius 3 is 1.91 bits per heavy atom. The van der Waals surface area contributed by atoms with Crippen LogP contribution in [0.2, 0.25) is 0 Å². The molecule has 1 fully saturated rings. The summed E-state index contributed by atoms with van der Waals surface area (Å²) in [5, 5.41) is 4.31. The Kier molecular flexibility index (Phi) is 11.6. The summed E-state index contributed by atoms with van der Waals surface area (Å²) in [5.74, 6) is 0.725. The standard InChI is InChI=1S/C39H41NO6/c1-2-3-17-36(41)45-34-24-20-33(21-25-34)39(26-11-6-12-27-39)38(42)46-35-22-18-32(19-23-35)37(43-28-30-13-7-4-8-14-30)40-44-29-31-15-9-5-10-16-31/h4-5,7-10,13-16,18-25H,2-3,6,11-12,17,26-29H2,1H3/b40-37+. The Morgan fingerprint density at radius 2 is 1.28 bits per heavy atom. The molecule has 1 saturated carbocycles. The number of esters is 2. The van der Waals surface area contributed by atoms with Crippen molar-refractivity contribution in [3.8, 4) is 11.5 Å². The Bertz CT molecular complexity index is 1560. The zero-order chi connectivity index (χ0) is 32.0. The van der Waals surface area contributed by atoms with E-state index in [1.54, 1.807) is 24.3 Å². The van der Waals surface area contributed by atoms with Crippen molar-refractivity contribution in [2.24, 2.45) is 5.16 Å². The molecule has 1 aliphatic carbocycles. The molecule has 7 nitrogen and oxygen atoms in total. The summed E-state index contributed by atoms with van der Waals surface area (Å²) in [5.41, 5.74) is 2.81. The highest BCUT2D eigenvalue weighted by atomic mass is 16.6. The molecule has 1 aliphatic rings. The van der Waals surface area contributed by atoms with Crippen molar-refractivity contribution in [2.45, 2.75) is 76.9 Å². The minimum absolute atomic E-state index is 0.244. The highest BCUT2D eigenvalue weighted by molar-refractivity contribution is 5.94. The number of ether oxygens (including phenoxy) is 3. The van der Waals surface area contributed by atoms with Crippen LogP contribution < -0.4 is 9.47 Å². The Labute approximate surface area is 271 Å². The molecular formula is C39H41NO6. The summed E-state index contributed by atoms with van der Waals surface area (Å²) in [7, 11) is 0. The third kappa shape index (κ3) is 8.84. The summed E-state index contributed by atoms with van der Waals surface area (Å²) in [6, 6.07) is 34.1. The van der Waals surface area contributed by atoms with E-state index in [-0.39, 0.29) is 11.9 Å². The van der Waals surface area contributed by atoms with E-state index in [9.17, 15) is 9.59 Å². The molecule has 5 rings (SSSR count). The molecular weight excluding hydrogens is 578 g/mol. The van der Waals surface area contributed by atoms with Gasteiger partial charge in [0.2, 0.25) is 0 Å². The van der Waals surface area contributed by atoms with Crippen LogP contribution in [0.4, 0.5) is 0 Å². The van der Waals surface area contributed by atoms with Gasteiger partial charge in [-0.25, -0.2) is 0 Å². The zero-order valence-electron chi connectivity index (χ0n) is 26.4. The lowest BCUT2D eigenvalue weighted by Crippen LogP contribution is -2.41. The number of rotatable bonds is 13. The topological polar surface area (TPSA) is 83.4 Å². The van der Waals surface area contributed by atoms with Crippen LogP contribution >= 0.6 is 0 Å². The number of nitrogens with zero attached hydrogens (tertiary/aromatic N) is 1. The molecule has 0 radical (unpaired) electrons. The fourth-order valence-corrected chi connectivity index (χ4v) is 5.61. The van der Waals surface area contributed by atoms with Gasteiger partial charge in [-0.1, -0.05) is 105 Å². The van der Waals surface area contributed by atoms with Crippen molar-refractivity contribution in [2.75, 3.05) is 0 Å². The normalized spacial score (nSPS) is 14.2. The van der Waals surface area contributed by atoms with Crippen molar-refractivity contribution < 1.29 is 28.6 Å². The van der Waals surface area contributed by atoms with Crippen LogP contribution in [0.3, 0.4) is 0 Å². The lowest BCUT2D eigenvalue weighted by molar-refractivity contribution is -0.142. The Hall–Kier alpha value is -4.91. The average Bonchev–Trinajstić information content (AvgIpc) is 3.10. The number of carbonyl (C=O) groups is 2. The maximum absolute atomic E-state index is 13.8. The molecule has 0 spiro atoms. The summed E-state index contributed by atoms with van der Waals surface area (Å²) in [4.78, 5) is 31.6. The van der Waals surface area contributed by atoms with Gasteiger partial charge in [0.05, 0.1) is 5.41 Å². The molecule has 0 heterocycles. The van der Waals surface area contributed by atoms with E-state index in [1.165, 1.54) is 0 Å². The van der Waals surface area contributed by atoms with Gasteiger partial charge in [0, 0.05) is 12.0 Å². The second kappa shape index (κ2) is 16.4. The van der Waals surface area contributed by atoms with Crippen LogP contribution in [0.15, 0.2) is 114 Å². The minimum atomic E-state index is -0.766. The van der Waals surface area contributed by atoms with E-state index in [0.29, 0.717) is 55.4 Å². The van der Waals surface area contributed by atoms with Gasteiger partial charge in [-0.2, -0.15) is 0 Å². The maximum Gasteiger partial charge on any atom is 0.321 e. The number of unbranched alkanes of at least 4 members (excludes halogenated alkanes) is 1. The summed E-state index contributed by atoms with van der Waals surface area (Å²) in [6.07, 6.45) is 6.46. The van der Waals surface area contributed by atoms with E-state index < -0.39 is 5.41 Å². The van der Waals surface area contributed by atoms with Gasteiger partial charge in [0.15, 0.2) is 0 Å². The smallest absolute Gasteiger partial charge is 0.321 e. The lowest BCUT2D eigenvalue weighted by atomic mass is 9.69. The number of hydrogen-bond acceptors (Lipinski definition) is 7. The molecule has 0 atom stereocenters. The van der Waals surface area contributed by atoms with Crippen LogP contribution in [-0.4, -0.2) is 17.8 Å². The SMILES string of the molecule is CCCCC(=O)Oc1ccc(C2(C(=O)Oc3ccc(/C(=N\OCc4ccccc4)OCc4ccccc4)cc3)CCCCC2)cc1. The first-order chi connectivity index (χ1) is 22.6. The van der Waals surface area contributed by atoms with Crippen molar-refractivity contribution >= 4 is 17.8 Å². The summed E-state index contributed by atoms with van der Waals surface area (Å²) < 4.78 is 17.6. The van der Waals surface area contributed by atoms with Gasteiger partial charge in [-0.05, 0) is 77.5 Å². The van der Waals surface area contributed by atoms with Crippen LogP contribution in [0.25, 0.3) is 0 Å². The molecule has 0 aliphatic heterocycles. The summed E-state index contributed by atoms with van der Waals surface area (Å²) in [6.45, 7) is 2.67.